The quantitative estimate of drug-likeness (QED) is 0.717. The van der Waals surface area contributed by atoms with Crippen molar-refractivity contribution in [2.24, 2.45) is 0 Å². The lowest BCUT2D eigenvalue weighted by atomic mass is 10.3. The highest BCUT2D eigenvalue weighted by Crippen LogP contribution is 2.11. The van der Waals surface area contributed by atoms with E-state index in [0.29, 0.717) is 0 Å². The molecule has 8 heteroatoms. The second kappa shape index (κ2) is 5.78. The Morgan fingerprint density at radius 2 is 1.47 bits per heavy atom. The molecule has 6 nitrogen and oxygen atoms in total. The summed E-state index contributed by atoms with van der Waals surface area (Å²) in [5, 5.41) is 0. The number of sulfonamides is 1. The van der Waals surface area contributed by atoms with Crippen molar-refractivity contribution in [2.45, 2.75) is 20.3 Å². The summed E-state index contributed by atoms with van der Waals surface area (Å²) in [4.78, 5) is 0. The van der Waals surface area contributed by atoms with Gasteiger partial charge in [0.1, 0.15) is 0 Å². The highest BCUT2D eigenvalue weighted by Gasteiger charge is 2.25. The highest BCUT2D eigenvalue weighted by atomic mass is 32.2. The molecule has 0 aliphatic carbocycles. The molecule has 0 aromatic carbocycles. The fourth-order valence-electron chi connectivity index (χ4n) is 0.748. The second-order valence-corrected chi connectivity index (χ2v) is 7.02. The molecule has 1 N–H and O–H groups in total. The van der Waals surface area contributed by atoms with Gasteiger partial charge in [0.15, 0.2) is 0 Å². The average molecular weight is 259 g/mol. The number of hydrogen-bond acceptors (Lipinski definition) is 4. The summed E-state index contributed by atoms with van der Waals surface area (Å²) < 4.78 is 50.2. The van der Waals surface area contributed by atoms with Gasteiger partial charge in [0.05, 0.1) is 11.5 Å². The summed E-state index contributed by atoms with van der Waals surface area (Å²) in [6.45, 7) is 4.51. The fraction of sp³-hybridized carbons (Fsp3) is 1.00. The predicted octanol–water partition coefficient (Wildman–Crippen LogP) is -0.0641. The molecule has 0 bridgehead atoms. The molecule has 0 amide bonds. The molecule has 92 valence electrons. The summed E-state index contributed by atoms with van der Waals surface area (Å²) >= 11 is 0. The van der Waals surface area contributed by atoms with Gasteiger partial charge >= 0.3 is 0 Å². The van der Waals surface area contributed by atoms with Crippen LogP contribution in [0.4, 0.5) is 0 Å². The number of rotatable bonds is 3. The van der Waals surface area contributed by atoms with Crippen LogP contribution in [0, 0.1) is 0 Å². The van der Waals surface area contributed by atoms with Gasteiger partial charge in [-0.3, -0.25) is 4.55 Å². The Labute approximate surface area is 91.1 Å². The maximum absolute atomic E-state index is 10.9. The van der Waals surface area contributed by atoms with Gasteiger partial charge in [0, 0.05) is 13.1 Å². The molecule has 1 aliphatic heterocycles. The van der Waals surface area contributed by atoms with Crippen LogP contribution in [0.15, 0.2) is 0 Å². The van der Waals surface area contributed by atoms with E-state index in [4.69, 9.17) is 4.55 Å². The third-order valence-electron chi connectivity index (χ3n) is 1.94. The SMILES string of the molecule is CCS(=O)(=O)N1CCC1.CCS(=O)(=O)O. The monoisotopic (exact) mass is 259 g/mol. The van der Waals surface area contributed by atoms with Crippen LogP contribution in [0.3, 0.4) is 0 Å². The Morgan fingerprint density at radius 3 is 1.53 bits per heavy atom. The summed E-state index contributed by atoms with van der Waals surface area (Å²) in [7, 11) is -6.49. The van der Waals surface area contributed by atoms with E-state index in [2.05, 4.69) is 0 Å². The van der Waals surface area contributed by atoms with E-state index >= 15 is 0 Å². The van der Waals surface area contributed by atoms with Crippen molar-refractivity contribution < 1.29 is 21.4 Å². The first-order valence-corrected chi connectivity index (χ1v) is 7.87. The van der Waals surface area contributed by atoms with Crippen LogP contribution in [0.5, 0.6) is 0 Å². The van der Waals surface area contributed by atoms with Crippen LogP contribution in [0.25, 0.3) is 0 Å². The van der Waals surface area contributed by atoms with Crippen LogP contribution in [-0.2, 0) is 20.1 Å². The molecule has 1 fully saturated rings. The van der Waals surface area contributed by atoms with Gasteiger partial charge in [-0.15, -0.1) is 0 Å². The Balaban J connectivity index is 0.000000288. The third kappa shape index (κ3) is 6.08. The zero-order valence-electron chi connectivity index (χ0n) is 8.88. The van der Waals surface area contributed by atoms with E-state index in [1.807, 2.05) is 0 Å². The van der Waals surface area contributed by atoms with Gasteiger partial charge in [0.25, 0.3) is 10.1 Å². The van der Waals surface area contributed by atoms with Crippen molar-refractivity contribution in [1.82, 2.24) is 4.31 Å². The average Bonchev–Trinajstić information content (AvgIpc) is 2.00. The summed E-state index contributed by atoms with van der Waals surface area (Å²) in [5.74, 6) is 0.0417. The summed E-state index contributed by atoms with van der Waals surface area (Å²) in [5.41, 5.74) is 0. The minimum absolute atomic E-state index is 0.201. The molecule has 0 spiro atoms. The van der Waals surface area contributed by atoms with Gasteiger partial charge in [-0.1, -0.05) is 0 Å². The van der Waals surface area contributed by atoms with E-state index in [0.717, 1.165) is 19.5 Å². The van der Waals surface area contributed by atoms with E-state index in [1.165, 1.54) is 11.2 Å². The first-order valence-electron chi connectivity index (χ1n) is 4.66. The highest BCUT2D eigenvalue weighted by molar-refractivity contribution is 7.89. The minimum atomic E-state index is -3.66. The molecule has 0 saturated carbocycles. The molecule has 15 heavy (non-hydrogen) atoms. The maximum Gasteiger partial charge on any atom is 0.264 e. The van der Waals surface area contributed by atoms with Crippen molar-refractivity contribution in [1.29, 1.82) is 0 Å². The largest absolute Gasteiger partial charge is 0.286 e. The van der Waals surface area contributed by atoms with Crippen molar-refractivity contribution in [3.63, 3.8) is 0 Å². The van der Waals surface area contributed by atoms with Crippen molar-refractivity contribution in [3.05, 3.63) is 0 Å². The molecule has 0 aromatic rings. The first-order chi connectivity index (χ1) is 6.73. The molecular formula is C7H17NO5S2. The molecule has 0 unspecified atom stereocenters. The van der Waals surface area contributed by atoms with Gasteiger partial charge in [-0.05, 0) is 20.3 Å². The zero-order valence-corrected chi connectivity index (χ0v) is 10.5. The van der Waals surface area contributed by atoms with Crippen LogP contribution in [0.1, 0.15) is 20.3 Å². The van der Waals surface area contributed by atoms with Crippen LogP contribution >= 0.6 is 0 Å². The van der Waals surface area contributed by atoms with Gasteiger partial charge in [-0.25, -0.2) is 12.7 Å². The lowest BCUT2D eigenvalue weighted by Crippen LogP contribution is -2.42. The van der Waals surface area contributed by atoms with Crippen molar-refractivity contribution in [3.8, 4) is 0 Å². The van der Waals surface area contributed by atoms with Gasteiger partial charge in [0.2, 0.25) is 10.0 Å². The first kappa shape index (κ1) is 14.8. The fourth-order valence-corrected chi connectivity index (χ4v) is 1.93. The van der Waals surface area contributed by atoms with E-state index < -0.39 is 20.1 Å². The lowest BCUT2D eigenvalue weighted by Gasteiger charge is -2.28. The molecular weight excluding hydrogens is 242 g/mol. The molecule has 0 radical (unpaired) electrons. The van der Waals surface area contributed by atoms with Crippen LogP contribution in [0.2, 0.25) is 0 Å². The van der Waals surface area contributed by atoms with E-state index in [1.54, 1.807) is 6.92 Å². The number of hydrogen-bond donors (Lipinski definition) is 1. The van der Waals surface area contributed by atoms with E-state index in [-0.39, 0.29) is 11.5 Å². The maximum atomic E-state index is 10.9. The van der Waals surface area contributed by atoms with Crippen LogP contribution < -0.4 is 0 Å². The van der Waals surface area contributed by atoms with Gasteiger partial charge < -0.3 is 0 Å². The molecule has 1 heterocycles. The second-order valence-electron chi connectivity index (χ2n) is 3.02. The van der Waals surface area contributed by atoms with Crippen LogP contribution in [-0.4, -0.2) is 50.3 Å². The number of nitrogens with zero attached hydrogens (tertiary/aromatic N) is 1. The summed E-state index contributed by atoms with van der Waals surface area (Å²) in [6.07, 6.45) is 1.03. The molecule has 1 saturated heterocycles. The Kier molecular flexibility index (Phi) is 5.71. The lowest BCUT2D eigenvalue weighted by molar-refractivity contribution is 0.310. The Hall–Kier alpha value is -0.180. The third-order valence-corrected chi connectivity index (χ3v) is 4.55. The molecule has 0 atom stereocenters. The smallest absolute Gasteiger partial charge is 0.264 e. The van der Waals surface area contributed by atoms with Crippen molar-refractivity contribution >= 4 is 20.1 Å². The zero-order chi connectivity index (χ0) is 12.1. The van der Waals surface area contributed by atoms with Gasteiger partial charge in [-0.2, -0.15) is 8.42 Å². The molecule has 1 rings (SSSR count). The Bertz CT molecular complexity index is 368. The predicted molar refractivity (Wildman–Crippen MR) is 57.7 cm³/mol. The topological polar surface area (TPSA) is 91.8 Å². The Morgan fingerprint density at radius 1 is 1.07 bits per heavy atom. The van der Waals surface area contributed by atoms with Crippen molar-refractivity contribution in [2.75, 3.05) is 24.6 Å². The molecule has 0 aromatic heterocycles. The standard InChI is InChI=1S/C5H11NO2S.C2H6O3S/c1-2-9(7,8)6-4-3-5-6;1-2-6(3,4)5/h2-5H2,1H3;2H2,1H3,(H,3,4,5). The minimum Gasteiger partial charge on any atom is -0.286 e. The summed E-state index contributed by atoms with van der Waals surface area (Å²) in [6, 6.07) is 0. The van der Waals surface area contributed by atoms with E-state index in [9.17, 15) is 16.8 Å². The normalized spacial score (nSPS) is 17.5. The molecule has 1 aliphatic rings.